The summed E-state index contributed by atoms with van der Waals surface area (Å²) in [6, 6.07) is 2.21. The van der Waals surface area contributed by atoms with E-state index in [1.807, 2.05) is 6.08 Å². The summed E-state index contributed by atoms with van der Waals surface area (Å²) in [6.45, 7) is 1.11. The van der Waals surface area contributed by atoms with Crippen LogP contribution in [0.25, 0.3) is 0 Å². The number of nitrogens with zero attached hydrogens (tertiary/aromatic N) is 1. The van der Waals surface area contributed by atoms with Gasteiger partial charge in [0.1, 0.15) is 10.7 Å². The zero-order valence-electron chi connectivity index (χ0n) is 11.5. The van der Waals surface area contributed by atoms with Gasteiger partial charge < -0.3 is 10.5 Å². The molecule has 0 saturated heterocycles. The molecule has 0 fully saturated rings. The van der Waals surface area contributed by atoms with E-state index in [2.05, 4.69) is 15.9 Å². The maximum atomic E-state index is 13.4. The number of halogens is 2. The number of nitrogens with two attached hydrogens (primary N) is 1. The molecular formula is C13H16BrFN2O3S. The van der Waals surface area contributed by atoms with E-state index in [0.29, 0.717) is 19.6 Å². The first kappa shape index (κ1) is 16.4. The average Bonchev–Trinajstić information content (AvgIpc) is 2.43. The Morgan fingerprint density at radius 3 is 2.76 bits per heavy atom. The Morgan fingerprint density at radius 2 is 2.19 bits per heavy atom. The lowest BCUT2D eigenvalue weighted by atomic mass is 10.1. The van der Waals surface area contributed by atoms with Crippen LogP contribution in [0.15, 0.2) is 33.2 Å². The summed E-state index contributed by atoms with van der Waals surface area (Å²) in [4.78, 5) is -0.0839. The largest absolute Gasteiger partial charge is 0.398 e. The molecule has 0 amide bonds. The molecule has 1 aromatic carbocycles. The minimum absolute atomic E-state index is 0.0721. The van der Waals surface area contributed by atoms with Crippen molar-refractivity contribution in [3.05, 3.63) is 34.1 Å². The van der Waals surface area contributed by atoms with Gasteiger partial charge >= 0.3 is 0 Å². The molecule has 1 heterocycles. The molecule has 0 spiro atoms. The Labute approximate surface area is 131 Å². The normalized spacial score (nSPS) is 16.8. The molecule has 0 bridgehead atoms. The number of benzene rings is 1. The maximum Gasteiger partial charge on any atom is 0.245 e. The molecule has 2 N–H and O–H groups in total. The van der Waals surface area contributed by atoms with Crippen LogP contribution in [0.2, 0.25) is 0 Å². The number of methoxy groups -OCH3 is 1. The highest BCUT2D eigenvalue weighted by Gasteiger charge is 2.28. The average molecular weight is 379 g/mol. The number of nitrogen functional groups attached to an aromatic ring is 1. The van der Waals surface area contributed by atoms with Crippen LogP contribution in [-0.2, 0) is 14.8 Å². The van der Waals surface area contributed by atoms with E-state index in [1.54, 1.807) is 7.11 Å². The second kappa shape index (κ2) is 6.43. The third-order valence-corrected chi connectivity index (χ3v) is 5.79. The van der Waals surface area contributed by atoms with Crippen LogP contribution < -0.4 is 5.73 Å². The molecule has 0 radical (unpaired) electrons. The fourth-order valence-corrected chi connectivity index (χ4v) is 4.13. The predicted octanol–water partition coefficient (Wildman–Crippen LogP) is 2.14. The van der Waals surface area contributed by atoms with E-state index in [0.717, 1.165) is 11.6 Å². The van der Waals surface area contributed by atoms with Crippen molar-refractivity contribution in [1.29, 1.82) is 0 Å². The highest BCUT2D eigenvalue weighted by molar-refractivity contribution is 9.10. The van der Waals surface area contributed by atoms with Gasteiger partial charge in [-0.3, -0.25) is 0 Å². The summed E-state index contributed by atoms with van der Waals surface area (Å²) < 4.78 is 44.9. The molecule has 0 aliphatic carbocycles. The Kier molecular flexibility index (Phi) is 5.03. The summed E-state index contributed by atoms with van der Waals surface area (Å²) >= 11 is 2.98. The van der Waals surface area contributed by atoms with Gasteiger partial charge in [0.15, 0.2) is 0 Å². The van der Waals surface area contributed by atoms with Gasteiger partial charge in [-0.25, -0.2) is 12.8 Å². The number of ether oxygens (including phenoxy) is 1. The highest BCUT2D eigenvalue weighted by Crippen LogP contribution is 2.29. The van der Waals surface area contributed by atoms with Crippen molar-refractivity contribution >= 4 is 31.6 Å². The molecule has 21 heavy (non-hydrogen) atoms. The van der Waals surface area contributed by atoms with Crippen molar-refractivity contribution in [3.63, 3.8) is 0 Å². The van der Waals surface area contributed by atoms with E-state index in [-0.39, 0.29) is 21.6 Å². The van der Waals surface area contributed by atoms with Crippen LogP contribution in [0.4, 0.5) is 10.1 Å². The van der Waals surface area contributed by atoms with E-state index in [1.165, 1.54) is 10.4 Å². The first-order valence-corrected chi connectivity index (χ1v) is 8.51. The van der Waals surface area contributed by atoms with Gasteiger partial charge in [-0.1, -0.05) is 6.08 Å². The van der Waals surface area contributed by atoms with Crippen LogP contribution in [0.3, 0.4) is 0 Å². The van der Waals surface area contributed by atoms with Crippen molar-refractivity contribution in [2.45, 2.75) is 11.3 Å². The summed E-state index contributed by atoms with van der Waals surface area (Å²) in [7, 11) is -2.15. The third kappa shape index (κ3) is 3.45. The first-order chi connectivity index (χ1) is 9.86. The minimum atomic E-state index is -3.74. The van der Waals surface area contributed by atoms with Crippen LogP contribution >= 0.6 is 15.9 Å². The van der Waals surface area contributed by atoms with Gasteiger partial charge in [0.05, 0.1) is 16.8 Å². The van der Waals surface area contributed by atoms with E-state index in [4.69, 9.17) is 10.5 Å². The minimum Gasteiger partial charge on any atom is -0.398 e. The number of hydrogen-bond donors (Lipinski definition) is 1. The van der Waals surface area contributed by atoms with E-state index >= 15 is 0 Å². The van der Waals surface area contributed by atoms with Crippen LogP contribution in [0.1, 0.15) is 6.42 Å². The van der Waals surface area contributed by atoms with Gasteiger partial charge in [0.2, 0.25) is 10.0 Å². The molecule has 0 saturated carbocycles. The molecular weight excluding hydrogens is 363 g/mol. The topological polar surface area (TPSA) is 72.6 Å². The summed E-state index contributed by atoms with van der Waals surface area (Å²) in [5.74, 6) is -0.590. The summed E-state index contributed by atoms with van der Waals surface area (Å²) in [5, 5.41) is 0. The number of sulfonamides is 1. The molecule has 116 valence electrons. The standard InChI is InChI=1S/C13H16BrFN2O3S/c1-20-8-9-2-4-17(5-3-9)21(18,19)13-6-10(14)11(15)7-12(13)16/h2,6-7H,3-5,8,16H2,1H3. The molecule has 8 heteroatoms. The maximum absolute atomic E-state index is 13.4. The van der Waals surface area contributed by atoms with Crippen molar-refractivity contribution in [1.82, 2.24) is 4.31 Å². The molecule has 1 aliphatic heterocycles. The Bertz CT molecular complexity index is 676. The zero-order valence-corrected chi connectivity index (χ0v) is 13.9. The molecule has 0 atom stereocenters. The highest BCUT2D eigenvalue weighted by atomic mass is 79.9. The monoisotopic (exact) mass is 378 g/mol. The van der Waals surface area contributed by atoms with Crippen molar-refractivity contribution in [2.24, 2.45) is 0 Å². The number of anilines is 1. The SMILES string of the molecule is COCC1=CCN(S(=O)(=O)c2cc(Br)c(F)cc2N)CC1. The molecule has 5 nitrogen and oxygen atoms in total. The van der Waals surface area contributed by atoms with Crippen LogP contribution in [-0.4, -0.2) is 39.5 Å². The smallest absolute Gasteiger partial charge is 0.245 e. The second-order valence-electron chi connectivity index (χ2n) is 4.71. The summed E-state index contributed by atoms with van der Waals surface area (Å²) in [5.41, 5.74) is 6.63. The molecule has 1 aromatic rings. The molecule has 2 rings (SSSR count). The quantitative estimate of drug-likeness (QED) is 0.643. The Morgan fingerprint density at radius 1 is 1.48 bits per heavy atom. The Hall–Kier alpha value is -0.960. The molecule has 0 unspecified atom stereocenters. The fraction of sp³-hybridized carbons (Fsp3) is 0.385. The molecule has 0 aromatic heterocycles. The fourth-order valence-electron chi connectivity index (χ4n) is 2.13. The lowest BCUT2D eigenvalue weighted by molar-refractivity contribution is 0.219. The van der Waals surface area contributed by atoms with Crippen LogP contribution in [0, 0.1) is 5.82 Å². The van der Waals surface area contributed by atoms with Crippen molar-refractivity contribution in [3.8, 4) is 0 Å². The van der Waals surface area contributed by atoms with E-state index < -0.39 is 15.8 Å². The summed E-state index contributed by atoms with van der Waals surface area (Å²) in [6.07, 6.45) is 2.44. The number of hydrogen-bond acceptors (Lipinski definition) is 4. The van der Waals surface area contributed by atoms with E-state index in [9.17, 15) is 12.8 Å². The van der Waals surface area contributed by atoms with Gasteiger partial charge in [-0.2, -0.15) is 4.31 Å². The third-order valence-electron chi connectivity index (χ3n) is 3.27. The second-order valence-corrected chi connectivity index (χ2v) is 7.47. The number of rotatable bonds is 4. The lowest BCUT2D eigenvalue weighted by Gasteiger charge is -2.26. The van der Waals surface area contributed by atoms with Gasteiger partial charge in [-0.15, -0.1) is 0 Å². The predicted molar refractivity (Wildman–Crippen MR) is 81.8 cm³/mol. The first-order valence-electron chi connectivity index (χ1n) is 6.27. The van der Waals surface area contributed by atoms with Crippen molar-refractivity contribution in [2.75, 3.05) is 32.5 Å². The van der Waals surface area contributed by atoms with Crippen LogP contribution in [0.5, 0.6) is 0 Å². The van der Waals surface area contributed by atoms with Gasteiger partial charge in [-0.05, 0) is 40.1 Å². The Balaban J connectivity index is 2.30. The van der Waals surface area contributed by atoms with Crippen molar-refractivity contribution < 1.29 is 17.5 Å². The van der Waals surface area contributed by atoms with Gasteiger partial charge in [0, 0.05) is 20.2 Å². The van der Waals surface area contributed by atoms with Gasteiger partial charge in [0.25, 0.3) is 0 Å². The molecule has 1 aliphatic rings. The zero-order chi connectivity index (χ0) is 15.6. The lowest BCUT2D eigenvalue weighted by Crippen LogP contribution is -2.35.